The van der Waals surface area contributed by atoms with Gasteiger partial charge in [-0.3, -0.25) is 9.48 Å². The lowest BCUT2D eigenvalue weighted by atomic mass is 9.83. The number of carbonyl (C=O) groups is 1. The lowest BCUT2D eigenvalue weighted by Crippen LogP contribution is -2.42. The van der Waals surface area contributed by atoms with Gasteiger partial charge in [0.25, 0.3) is 0 Å². The van der Waals surface area contributed by atoms with Crippen LogP contribution in [0.2, 0.25) is 0 Å². The van der Waals surface area contributed by atoms with Crippen LogP contribution in [0.15, 0.2) is 0 Å². The minimum Gasteiger partial charge on any atom is -0.396 e. The first-order chi connectivity index (χ1) is 10.0. The summed E-state index contributed by atoms with van der Waals surface area (Å²) in [6.45, 7) is 6.18. The Labute approximate surface area is 127 Å². The summed E-state index contributed by atoms with van der Waals surface area (Å²) in [5.74, 6) is 0.677. The van der Waals surface area contributed by atoms with Crippen molar-refractivity contribution in [1.82, 2.24) is 15.1 Å². The molecule has 0 saturated heterocycles. The number of nitrogens with zero attached hydrogens (tertiary/aromatic N) is 2. The summed E-state index contributed by atoms with van der Waals surface area (Å²) in [4.78, 5) is 12.3. The van der Waals surface area contributed by atoms with Gasteiger partial charge in [-0.05, 0) is 39.0 Å². The molecule has 1 heterocycles. The molecule has 0 aromatic carbocycles. The predicted octanol–water partition coefficient (Wildman–Crippen LogP) is 2.56. The van der Waals surface area contributed by atoms with E-state index >= 15 is 0 Å². The average Bonchev–Trinajstić information content (AvgIpc) is 2.73. The molecule has 1 saturated carbocycles. The number of amides is 1. The topological polar surface area (TPSA) is 72.9 Å². The summed E-state index contributed by atoms with van der Waals surface area (Å²) in [6.07, 6.45) is 7.41. The Kier molecular flexibility index (Phi) is 5.26. The molecule has 1 aliphatic carbocycles. The van der Waals surface area contributed by atoms with Gasteiger partial charge in [-0.15, -0.1) is 0 Å². The van der Waals surface area contributed by atoms with E-state index in [0.717, 1.165) is 17.8 Å². The summed E-state index contributed by atoms with van der Waals surface area (Å²) in [5.41, 5.74) is 8.25. The summed E-state index contributed by atoms with van der Waals surface area (Å²) >= 11 is 0. The van der Waals surface area contributed by atoms with Crippen LogP contribution in [0, 0.1) is 19.8 Å². The minimum atomic E-state index is 0.0398. The van der Waals surface area contributed by atoms with Crippen LogP contribution in [-0.4, -0.2) is 21.7 Å². The molecule has 2 rings (SSSR count). The summed E-state index contributed by atoms with van der Waals surface area (Å²) in [7, 11) is 0. The number of hydrogen-bond donors (Lipinski definition) is 2. The number of aryl methyl sites for hydroxylation is 1. The monoisotopic (exact) mass is 292 g/mol. The predicted molar refractivity (Wildman–Crippen MR) is 84.9 cm³/mol. The number of nitrogen functional groups attached to an aromatic ring is 1. The van der Waals surface area contributed by atoms with Gasteiger partial charge in [0.2, 0.25) is 5.91 Å². The van der Waals surface area contributed by atoms with E-state index in [2.05, 4.69) is 17.3 Å². The fourth-order valence-corrected chi connectivity index (χ4v) is 3.34. The molecule has 1 atom stereocenters. The van der Waals surface area contributed by atoms with E-state index in [-0.39, 0.29) is 12.5 Å². The Morgan fingerprint density at radius 3 is 2.57 bits per heavy atom. The molecular formula is C16H28N4O. The van der Waals surface area contributed by atoms with E-state index in [0.29, 0.717) is 17.6 Å². The van der Waals surface area contributed by atoms with E-state index in [4.69, 9.17) is 5.73 Å². The van der Waals surface area contributed by atoms with Gasteiger partial charge in [-0.2, -0.15) is 5.10 Å². The first-order valence-corrected chi connectivity index (χ1v) is 8.11. The third-order valence-electron chi connectivity index (χ3n) is 4.74. The molecule has 21 heavy (non-hydrogen) atoms. The number of rotatable bonds is 5. The molecule has 5 heteroatoms. The van der Waals surface area contributed by atoms with Crippen molar-refractivity contribution in [2.45, 2.75) is 71.9 Å². The van der Waals surface area contributed by atoms with E-state index in [9.17, 15) is 4.79 Å². The first kappa shape index (κ1) is 15.9. The molecule has 0 radical (unpaired) electrons. The number of aromatic nitrogens is 2. The number of hydrogen-bond acceptors (Lipinski definition) is 3. The van der Waals surface area contributed by atoms with Gasteiger partial charge in [0, 0.05) is 6.04 Å². The van der Waals surface area contributed by atoms with Crippen LogP contribution in [0.3, 0.4) is 0 Å². The summed E-state index contributed by atoms with van der Waals surface area (Å²) < 4.78 is 1.70. The molecule has 1 amide bonds. The molecule has 3 N–H and O–H groups in total. The van der Waals surface area contributed by atoms with Gasteiger partial charge in [-0.1, -0.05) is 26.2 Å². The van der Waals surface area contributed by atoms with E-state index in [1.807, 2.05) is 13.8 Å². The Bertz CT molecular complexity index is 489. The van der Waals surface area contributed by atoms with Gasteiger partial charge >= 0.3 is 0 Å². The van der Waals surface area contributed by atoms with Crippen molar-refractivity contribution in [3.63, 3.8) is 0 Å². The van der Waals surface area contributed by atoms with Gasteiger partial charge in [0.1, 0.15) is 6.54 Å². The third kappa shape index (κ3) is 3.77. The van der Waals surface area contributed by atoms with Gasteiger partial charge < -0.3 is 11.1 Å². The molecule has 1 aromatic rings. The van der Waals surface area contributed by atoms with E-state index in [1.54, 1.807) is 4.68 Å². The molecule has 0 bridgehead atoms. The zero-order chi connectivity index (χ0) is 15.4. The van der Waals surface area contributed by atoms with Crippen molar-refractivity contribution < 1.29 is 4.79 Å². The van der Waals surface area contributed by atoms with Crippen molar-refractivity contribution in [3.05, 3.63) is 11.4 Å². The van der Waals surface area contributed by atoms with Crippen LogP contribution >= 0.6 is 0 Å². The molecule has 0 aliphatic heterocycles. The smallest absolute Gasteiger partial charge is 0.241 e. The lowest BCUT2D eigenvalue weighted by molar-refractivity contribution is -0.123. The lowest BCUT2D eigenvalue weighted by Gasteiger charge is -2.30. The molecular weight excluding hydrogens is 264 g/mol. The normalized spacial score (nSPS) is 17.7. The number of nitrogens with one attached hydrogen (secondary N) is 1. The molecule has 118 valence electrons. The second-order valence-electron chi connectivity index (χ2n) is 6.22. The van der Waals surface area contributed by atoms with Crippen LogP contribution in [-0.2, 0) is 11.3 Å². The van der Waals surface area contributed by atoms with Crippen LogP contribution in [0.5, 0.6) is 0 Å². The highest BCUT2D eigenvalue weighted by atomic mass is 16.2. The van der Waals surface area contributed by atoms with Crippen LogP contribution in [0.1, 0.15) is 56.8 Å². The number of nitrogens with two attached hydrogens (primary N) is 1. The van der Waals surface area contributed by atoms with Crippen molar-refractivity contribution >= 4 is 11.6 Å². The van der Waals surface area contributed by atoms with Crippen LogP contribution < -0.4 is 11.1 Å². The Balaban J connectivity index is 1.94. The Hall–Kier alpha value is -1.52. The number of anilines is 1. The fraction of sp³-hybridized carbons (Fsp3) is 0.750. The zero-order valence-corrected chi connectivity index (χ0v) is 13.5. The third-order valence-corrected chi connectivity index (χ3v) is 4.74. The standard InChI is InChI=1S/C16H28N4O/c1-4-14(13-8-6-5-7-9-13)18-15(21)10-20-12(3)16(17)11(2)19-20/h13-14H,4-10,17H2,1-3H3,(H,18,21). The van der Waals surface area contributed by atoms with E-state index in [1.165, 1.54) is 32.1 Å². The number of carbonyl (C=O) groups excluding carboxylic acids is 1. The minimum absolute atomic E-state index is 0.0398. The summed E-state index contributed by atoms with van der Waals surface area (Å²) in [6, 6.07) is 0.298. The van der Waals surface area contributed by atoms with Crippen molar-refractivity contribution in [3.8, 4) is 0 Å². The van der Waals surface area contributed by atoms with Crippen molar-refractivity contribution in [2.24, 2.45) is 5.92 Å². The summed E-state index contributed by atoms with van der Waals surface area (Å²) in [5, 5.41) is 7.53. The van der Waals surface area contributed by atoms with E-state index < -0.39 is 0 Å². The maximum absolute atomic E-state index is 12.3. The molecule has 1 aliphatic rings. The Morgan fingerprint density at radius 1 is 1.38 bits per heavy atom. The molecule has 5 nitrogen and oxygen atoms in total. The highest BCUT2D eigenvalue weighted by Gasteiger charge is 2.24. The molecule has 1 unspecified atom stereocenters. The highest BCUT2D eigenvalue weighted by molar-refractivity contribution is 5.76. The highest BCUT2D eigenvalue weighted by Crippen LogP contribution is 2.27. The Morgan fingerprint density at radius 2 is 2.05 bits per heavy atom. The quantitative estimate of drug-likeness (QED) is 0.876. The van der Waals surface area contributed by atoms with Gasteiger partial charge in [0.05, 0.1) is 17.1 Å². The first-order valence-electron chi connectivity index (χ1n) is 8.11. The molecule has 1 fully saturated rings. The average molecular weight is 292 g/mol. The SMILES string of the molecule is CCC(NC(=O)Cn1nc(C)c(N)c1C)C1CCCCC1. The van der Waals surface area contributed by atoms with Crippen molar-refractivity contribution in [1.29, 1.82) is 0 Å². The molecule has 1 aromatic heterocycles. The maximum atomic E-state index is 12.3. The van der Waals surface area contributed by atoms with Crippen molar-refractivity contribution in [2.75, 3.05) is 5.73 Å². The van der Waals surface area contributed by atoms with Crippen LogP contribution in [0.25, 0.3) is 0 Å². The molecule has 0 spiro atoms. The van der Waals surface area contributed by atoms with Crippen LogP contribution in [0.4, 0.5) is 5.69 Å². The largest absolute Gasteiger partial charge is 0.396 e. The zero-order valence-electron chi connectivity index (χ0n) is 13.5. The fourth-order valence-electron chi connectivity index (χ4n) is 3.34. The second kappa shape index (κ2) is 6.96. The van der Waals surface area contributed by atoms with Gasteiger partial charge in [0.15, 0.2) is 0 Å². The maximum Gasteiger partial charge on any atom is 0.241 e. The second-order valence-corrected chi connectivity index (χ2v) is 6.22. The van der Waals surface area contributed by atoms with Gasteiger partial charge in [-0.25, -0.2) is 0 Å².